The minimum Gasteiger partial charge on any atom is -0.520 e. The Labute approximate surface area is 117 Å². The zero-order valence-corrected chi connectivity index (χ0v) is 14.4. The number of ether oxygens (including phenoxy) is 2. The second kappa shape index (κ2) is 7.09. The molecule has 9 heteroatoms. The molecule has 0 aromatic rings. The van der Waals surface area contributed by atoms with Crippen LogP contribution in [0.5, 0.6) is 0 Å². The van der Waals surface area contributed by atoms with Crippen molar-refractivity contribution in [3.63, 3.8) is 0 Å². The van der Waals surface area contributed by atoms with Crippen molar-refractivity contribution in [2.75, 3.05) is 19.7 Å². The molecule has 1 saturated heterocycles. The molecule has 1 aliphatic heterocycles. The maximum Gasteiger partial charge on any atom is 0.410 e. The van der Waals surface area contributed by atoms with E-state index in [0.717, 1.165) is 0 Å². The standard InChI is InChI=1S/C12H19N2O6.Fm/c1-12(2,3)20-11(18)14-4-8(5-14)19-6-9(10(16)17)13-7-15;/h8-9H,4-6H2,1-3H3,(H,13,15)(H,16,17);/q-1;. The molecule has 1 fully saturated rings. The molecule has 2 N–H and O–H groups in total. The van der Waals surface area contributed by atoms with Gasteiger partial charge in [0.1, 0.15) is 11.6 Å². The number of carbonyl (C=O) groups excluding carboxylic acids is 2. The molecule has 0 radical (unpaired) electrons. The molecule has 0 spiro atoms. The number of hydrogen-bond donors (Lipinski definition) is 2. The van der Waals surface area contributed by atoms with E-state index >= 15 is 0 Å². The van der Waals surface area contributed by atoms with Gasteiger partial charge in [-0.2, -0.15) is 6.41 Å². The number of carboxylic acids is 1. The monoisotopic (exact) mass is 544 g/mol. The largest absolute Gasteiger partial charge is 0.520 e. The molecule has 0 aromatic heterocycles. The average molecular weight is 544 g/mol. The van der Waals surface area contributed by atoms with Crippen molar-refractivity contribution in [3.05, 3.63) is 0 Å². The number of nitrogens with one attached hydrogen (secondary N) is 1. The summed E-state index contributed by atoms with van der Waals surface area (Å²) in [6, 6.07) is -1.14. The van der Waals surface area contributed by atoms with Crippen LogP contribution in [0.1, 0.15) is 20.8 Å². The van der Waals surface area contributed by atoms with Gasteiger partial charge < -0.3 is 29.6 Å². The summed E-state index contributed by atoms with van der Waals surface area (Å²) in [6.07, 6.45) is 0.640. The first-order chi connectivity index (χ1) is 9.23. The molecule has 0 aliphatic carbocycles. The molecular weight excluding hydrogens is 525 g/mol. The predicted octanol–water partition coefficient (Wildman–Crippen LogP) is -0.268. The molecule has 1 unspecified atom stereocenters. The second-order valence-electron chi connectivity index (χ2n) is 5.48. The number of rotatable bonds is 6. The number of amides is 2. The SMILES string of the molecule is CC(C)(C)OC(=O)N1CC(OCC(N[C-]=O)C(=O)O)C1.[Fm]. The summed E-state index contributed by atoms with van der Waals surface area (Å²) in [4.78, 5) is 33.9. The third-order valence-corrected chi connectivity index (χ3v) is 2.53. The van der Waals surface area contributed by atoms with E-state index in [1.165, 1.54) is 11.3 Å². The molecule has 126 valence electrons. The van der Waals surface area contributed by atoms with Crippen LogP contribution in [0.3, 0.4) is 0 Å². The van der Waals surface area contributed by atoms with Crippen molar-refractivity contribution in [2.24, 2.45) is 0 Å². The molecule has 0 aromatic carbocycles. The zero-order valence-electron chi connectivity index (χ0n) is 12.0. The van der Waals surface area contributed by atoms with Crippen molar-refractivity contribution >= 4 is 18.5 Å². The molecule has 1 rings (SSSR count). The topological polar surface area (TPSA) is 105 Å². The molecule has 21 heavy (non-hydrogen) atoms. The summed E-state index contributed by atoms with van der Waals surface area (Å²) in [5.41, 5.74) is -0.554. The molecular formula is C12H19FmN2O6-. The number of likely N-dealkylation sites (tertiary alicyclic amines) is 1. The van der Waals surface area contributed by atoms with E-state index in [-0.39, 0.29) is 12.7 Å². The van der Waals surface area contributed by atoms with Crippen LogP contribution in [0.15, 0.2) is 0 Å². The number of nitrogens with zero attached hydrogens (tertiary/aromatic N) is 1. The fourth-order valence-electron chi connectivity index (χ4n) is 1.50. The van der Waals surface area contributed by atoms with Crippen LogP contribution in [0.25, 0.3) is 0 Å². The van der Waals surface area contributed by atoms with Crippen molar-refractivity contribution < 1.29 is 29.0 Å². The Kier molecular flexibility index (Phi) is 6.13. The number of carboxylic acid groups (broad SMARTS) is 1. The van der Waals surface area contributed by atoms with E-state index in [4.69, 9.17) is 14.6 Å². The predicted molar refractivity (Wildman–Crippen MR) is 67.8 cm³/mol. The number of hydrogen-bond acceptors (Lipinski definition) is 5. The van der Waals surface area contributed by atoms with Crippen LogP contribution in [-0.2, 0) is 19.1 Å². The first-order valence-corrected chi connectivity index (χ1v) is 6.18. The normalized spacial score (nSPS) is 16.2. The molecule has 0 saturated carbocycles. The average Bonchev–Trinajstić information content (AvgIpc) is 2.22. The minimum absolute atomic E-state index is 0. The summed E-state index contributed by atoms with van der Waals surface area (Å²) in [6.45, 7) is 5.84. The third-order valence-electron chi connectivity index (χ3n) is 2.53. The summed E-state index contributed by atoms with van der Waals surface area (Å²) in [7, 11) is 0. The molecule has 1 aliphatic rings. The van der Waals surface area contributed by atoms with Crippen LogP contribution >= 0.6 is 0 Å². The number of carbonyl (C=O) groups is 2. The fourth-order valence-corrected chi connectivity index (χ4v) is 1.50. The maximum atomic E-state index is 11.6. The van der Waals surface area contributed by atoms with Crippen LogP contribution < -0.4 is 5.32 Å². The quantitative estimate of drug-likeness (QED) is 0.353. The van der Waals surface area contributed by atoms with Gasteiger partial charge in [-0.3, -0.25) is 4.79 Å². The van der Waals surface area contributed by atoms with E-state index in [2.05, 4.69) is 0 Å². The first kappa shape index (κ1) is 18.2. The maximum absolute atomic E-state index is 11.6. The Bertz CT molecular complexity index is 378. The fraction of sp³-hybridized carbons (Fsp3) is 0.750. The Morgan fingerprint density at radius 3 is 2.43 bits per heavy atom. The molecule has 0 bridgehead atoms. The Morgan fingerprint density at radius 2 is 2.00 bits per heavy atom. The van der Waals surface area contributed by atoms with Crippen LogP contribution in [0.4, 0.5) is 4.79 Å². The van der Waals surface area contributed by atoms with Gasteiger partial charge in [-0.15, -0.1) is 0 Å². The van der Waals surface area contributed by atoms with Gasteiger partial charge in [0.2, 0.25) is 0 Å². The van der Waals surface area contributed by atoms with Crippen molar-refractivity contribution in [1.82, 2.24) is 10.2 Å². The van der Waals surface area contributed by atoms with E-state index in [0.29, 0.717) is 13.1 Å². The van der Waals surface area contributed by atoms with Gasteiger partial charge in [-0.05, 0) is 20.8 Å². The van der Waals surface area contributed by atoms with E-state index in [1.54, 1.807) is 20.8 Å². The second-order valence-corrected chi connectivity index (χ2v) is 5.48. The van der Waals surface area contributed by atoms with Gasteiger partial charge in [-0.25, -0.2) is 4.79 Å². The van der Waals surface area contributed by atoms with Gasteiger partial charge in [0.15, 0.2) is 0 Å². The van der Waals surface area contributed by atoms with Gasteiger partial charge in [0.25, 0.3) is 0 Å². The summed E-state index contributed by atoms with van der Waals surface area (Å²) in [5.74, 6) is -1.20. The van der Waals surface area contributed by atoms with Crippen LogP contribution in [-0.4, -0.2) is 65.9 Å². The van der Waals surface area contributed by atoms with Crippen molar-refractivity contribution in [3.8, 4) is 0 Å². The van der Waals surface area contributed by atoms with Gasteiger partial charge in [0, 0.05) is 0 Å². The molecule has 2 amide bonds. The van der Waals surface area contributed by atoms with Gasteiger partial charge in [-0.1, -0.05) is 0 Å². The van der Waals surface area contributed by atoms with Crippen LogP contribution in [0, 0.1) is 0 Å². The third kappa shape index (κ3) is 5.77. The summed E-state index contributed by atoms with van der Waals surface area (Å²) >= 11 is 0. The summed E-state index contributed by atoms with van der Waals surface area (Å²) in [5, 5.41) is 10.8. The minimum atomic E-state index is -1.20. The Hall–Kier alpha value is -2.83. The molecule has 1 atom stereocenters. The number of aliphatic carboxylic acids is 1. The first-order valence-electron chi connectivity index (χ1n) is 6.18. The molecule has 1 heterocycles. The zero-order chi connectivity index (χ0) is 15.3. The molecule has 8 nitrogen and oxygen atoms in total. The van der Waals surface area contributed by atoms with E-state index < -0.39 is 23.7 Å². The van der Waals surface area contributed by atoms with Gasteiger partial charge in [0.05, 0.1) is 25.8 Å². The van der Waals surface area contributed by atoms with E-state index in [1.807, 2.05) is 5.32 Å². The van der Waals surface area contributed by atoms with Crippen LogP contribution in [0.2, 0.25) is 0 Å². The summed E-state index contributed by atoms with van der Waals surface area (Å²) < 4.78 is 10.5. The Balaban J connectivity index is 0.00000400. The van der Waals surface area contributed by atoms with Gasteiger partial charge >= 0.3 is 12.1 Å². The Morgan fingerprint density at radius 1 is 1.43 bits per heavy atom. The van der Waals surface area contributed by atoms with E-state index in [9.17, 15) is 14.4 Å². The van der Waals surface area contributed by atoms with Crippen molar-refractivity contribution in [1.29, 1.82) is 0 Å². The van der Waals surface area contributed by atoms with Crippen molar-refractivity contribution in [2.45, 2.75) is 38.5 Å². The smallest absolute Gasteiger partial charge is 0.410 e.